The highest BCUT2D eigenvalue weighted by atomic mass is 32.2. The molecule has 15 heavy (non-hydrogen) atoms. The first-order chi connectivity index (χ1) is 6.94. The van der Waals surface area contributed by atoms with E-state index in [2.05, 4.69) is 17.1 Å². The molecule has 0 aromatic heterocycles. The van der Waals surface area contributed by atoms with E-state index >= 15 is 0 Å². The van der Waals surface area contributed by atoms with Crippen LogP contribution >= 0.6 is 0 Å². The fraction of sp³-hybridized carbons (Fsp3) is 1.00. The Balaban J connectivity index is 2.44. The van der Waals surface area contributed by atoms with Crippen molar-refractivity contribution in [2.75, 3.05) is 38.2 Å². The monoisotopic (exact) mass is 234 g/mol. The molecule has 2 unspecified atom stereocenters. The Kier molecular flexibility index (Phi) is 4.55. The Bertz CT molecular complexity index is 290. The van der Waals surface area contributed by atoms with Crippen LogP contribution in [0.5, 0.6) is 0 Å². The van der Waals surface area contributed by atoms with Gasteiger partial charge >= 0.3 is 0 Å². The second kappa shape index (κ2) is 5.27. The van der Waals surface area contributed by atoms with Crippen molar-refractivity contribution in [3.05, 3.63) is 0 Å². The first-order valence-corrected chi connectivity index (χ1v) is 7.36. The number of nitrogens with one attached hydrogen (secondary N) is 1. The minimum absolute atomic E-state index is 0.169. The second-order valence-corrected chi connectivity index (χ2v) is 6.85. The molecular formula is C10H22N2O2S. The van der Waals surface area contributed by atoms with Crippen LogP contribution in [0.15, 0.2) is 0 Å². The molecule has 1 aliphatic heterocycles. The topological polar surface area (TPSA) is 49.4 Å². The smallest absolute Gasteiger partial charge is 0.153 e. The van der Waals surface area contributed by atoms with Crippen molar-refractivity contribution in [1.29, 1.82) is 0 Å². The summed E-state index contributed by atoms with van der Waals surface area (Å²) in [6.07, 6.45) is 0. The standard InChI is InChI=1S/C10H22N2O2S/c1-9(6-11-3)7-12-4-5-15(13,14)8-10(12)2/h9-11H,4-8H2,1-3H3. The third-order valence-corrected chi connectivity index (χ3v) is 4.70. The predicted molar refractivity (Wildman–Crippen MR) is 62.8 cm³/mol. The van der Waals surface area contributed by atoms with Crippen LogP contribution < -0.4 is 5.32 Å². The molecule has 5 heteroatoms. The highest BCUT2D eigenvalue weighted by molar-refractivity contribution is 7.91. The minimum Gasteiger partial charge on any atom is -0.319 e. The first-order valence-electron chi connectivity index (χ1n) is 5.53. The summed E-state index contributed by atoms with van der Waals surface area (Å²) in [6, 6.07) is 0.169. The highest BCUT2D eigenvalue weighted by Gasteiger charge is 2.28. The lowest BCUT2D eigenvalue weighted by molar-refractivity contribution is 0.196. The Labute approximate surface area is 93.0 Å². The molecule has 0 bridgehead atoms. The summed E-state index contributed by atoms with van der Waals surface area (Å²) in [4.78, 5) is 2.28. The van der Waals surface area contributed by atoms with Crippen molar-refractivity contribution in [2.24, 2.45) is 5.92 Å². The fourth-order valence-electron chi connectivity index (χ4n) is 2.12. The van der Waals surface area contributed by atoms with Crippen LogP contribution in [0.3, 0.4) is 0 Å². The first kappa shape index (κ1) is 12.9. The van der Waals surface area contributed by atoms with E-state index in [-0.39, 0.29) is 6.04 Å². The van der Waals surface area contributed by atoms with Crippen molar-refractivity contribution >= 4 is 9.84 Å². The largest absolute Gasteiger partial charge is 0.319 e. The van der Waals surface area contributed by atoms with E-state index in [1.54, 1.807) is 0 Å². The van der Waals surface area contributed by atoms with E-state index in [0.29, 0.717) is 24.0 Å². The second-order valence-electron chi connectivity index (χ2n) is 4.62. The van der Waals surface area contributed by atoms with Gasteiger partial charge < -0.3 is 5.32 Å². The third-order valence-electron chi connectivity index (χ3n) is 2.91. The van der Waals surface area contributed by atoms with Crippen LogP contribution in [-0.4, -0.2) is 57.5 Å². The maximum Gasteiger partial charge on any atom is 0.153 e. The molecule has 0 aromatic carbocycles. The molecular weight excluding hydrogens is 212 g/mol. The van der Waals surface area contributed by atoms with E-state index in [9.17, 15) is 8.42 Å². The zero-order valence-electron chi connectivity index (χ0n) is 9.86. The maximum atomic E-state index is 11.4. The lowest BCUT2D eigenvalue weighted by atomic mass is 10.1. The third kappa shape index (κ3) is 4.09. The van der Waals surface area contributed by atoms with Gasteiger partial charge in [0, 0.05) is 19.1 Å². The van der Waals surface area contributed by atoms with Gasteiger partial charge in [-0.1, -0.05) is 6.92 Å². The summed E-state index contributed by atoms with van der Waals surface area (Å²) in [5, 5.41) is 3.14. The molecule has 0 aromatic rings. The van der Waals surface area contributed by atoms with Crippen molar-refractivity contribution in [3.63, 3.8) is 0 Å². The van der Waals surface area contributed by atoms with E-state index in [4.69, 9.17) is 0 Å². The van der Waals surface area contributed by atoms with Gasteiger partial charge in [0.25, 0.3) is 0 Å². The molecule has 1 saturated heterocycles. The van der Waals surface area contributed by atoms with Gasteiger partial charge in [0.1, 0.15) is 0 Å². The number of hydrogen-bond donors (Lipinski definition) is 1. The highest BCUT2D eigenvalue weighted by Crippen LogP contribution is 2.13. The summed E-state index contributed by atoms with van der Waals surface area (Å²) >= 11 is 0. The number of rotatable bonds is 4. The zero-order chi connectivity index (χ0) is 11.5. The minimum atomic E-state index is -2.77. The van der Waals surface area contributed by atoms with Gasteiger partial charge in [-0.15, -0.1) is 0 Å². The summed E-state index contributed by atoms with van der Waals surface area (Å²) in [7, 11) is -0.825. The molecule has 0 amide bonds. The average molecular weight is 234 g/mol. The number of nitrogens with zero attached hydrogens (tertiary/aromatic N) is 1. The van der Waals surface area contributed by atoms with Gasteiger partial charge in [-0.05, 0) is 26.4 Å². The summed E-state index contributed by atoms with van der Waals surface area (Å²) in [5.74, 6) is 1.21. The SMILES string of the molecule is CNCC(C)CN1CCS(=O)(=O)CC1C. The fourth-order valence-corrected chi connectivity index (χ4v) is 3.74. The van der Waals surface area contributed by atoms with Gasteiger partial charge in [0.05, 0.1) is 11.5 Å². The van der Waals surface area contributed by atoms with Gasteiger partial charge in [-0.3, -0.25) is 4.90 Å². The van der Waals surface area contributed by atoms with E-state index in [1.807, 2.05) is 14.0 Å². The van der Waals surface area contributed by atoms with Crippen molar-refractivity contribution in [3.8, 4) is 0 Å². The Morgan fingerprint density at radius 3 is 2.73 bits per heavy atom. The Morgan fingerprint density at radius 1 is 1.53 bits per heavy atom. The van der Waals surface area contributed by atoms with Crippen molar-refractivity contribution in [2.45, 2.75) is 19.9 Å². The van der Waals surface area contributed by atoms with Crippen LogP contribution in [0.25, 0.3) is 0 Å². The lowest BCUT2D eigenvalue weighted by Gasteiger charge is -2.34. The molecule has 0 saturated carbocycles. The predicted octanol–water partition coefficient (Wildman–Crippen LogP) is -0.0392. The number of hydrogen-bond acceptors (Lipinski definition) is 4. The van der Waals surface area contributed by atoms with Gasteiger partial charge in [-0.2, -0.15) is 0 Å². The Hall–Kier alpha value is -0.130. The quantitative estimate of drug-likeness (QED) is 0.741. The number of sulfone groups is 1. The molecule has 90 valence electrons. The van der Waals surface area contributed by atoms with Crippen LogP contribution in [0, 0.1) is 5.92 Å². The molecule has 1 rings (SSSR count). The summed E-state index contributed by atoms with van der Waals surface area (Å²) < 4.78 is 22.8. The zero-order valence-corrected chi connectivity index (χ0v) is 10.7. The average Bonchev–Trinajstić information content (AvgIpc) is 2.10. The molecule has 1 heterocycles. The molecule has 1 fully saturated rings. The van der Waals surface area contributed by atoms with E-state index < -0.39 is 9.84 Å². The van der Waals surface area contributed by atoms with E-state index in [1.165, 1.54) is 0 Å². The Morgan fingerprint density at radius 2 is 2.20 bits per heavy atom. The molecule has 0 spiro atoms. The molecule has 0 radical (unpaired) electrons. The van der Waals surface area contributed by atoms with Gasteiger partial charge in [0.2, 0.25) is 0 Å². The summed E-state index contributed by atoms with van der Waals surface area (Å²) in [6.45, 7) is 6.85. The van der Waals surface area contributed by atoms with Crippen molar-refractivity contribution < 1.29 is 8.42 Å². The maximum absolute atomic E-state index is 11.4. The van der Waals surface area contributed by atoms with Gasteiger partial charge in [0.15, 0.2) is 9.84 Å². The van der Waals surface area contributed by atoms with Crippen molar-refractivity contribution in [1.82, 2.24) is 10.2 Å². The van der Waals surface area contributed by atoms with Gasteiger partial charge in [-0.25, -0.2) is 8.42 Å². The normalized spacial score (nSPS) is 28.9. The molecule has 4 nitrogen and oxygen atoms in total. The lowest BCUT2D eigenvalue weighted by Crippen LogP contribution is -2.49. The van der Waals surface area contributed by atoms with Crippen LogP contribution in [0.1, 0.15) is 13.8 Å². The van der Waals surface area contributed by atoms with Crippen LogP contribution in [0.4, 0.5) is 0 Å². The van der Waals surface area contributed by atoms with E-state index in [0.717, 1.165) is 13.1 Å². The summed E-state index contributed by atoms with van der Waals surface area (Å²) in [5.41, 5.74) is 0. The molecule has 1 N–H and O–H groups in total. The molecule has 1 aliphatic rings. The van der Waals surface area contributed by atoms with Crippen LogP contribution in [0.2, 0.25) is 0 Å². The molecule has 2 atom stereocenters. The van der Waals surface area contributed by atoms with Crippen LogP contribution in [-0.2, 0) is 9.84 Å². The molecule has 0 aliphatic carbocycles.